The molecule has 0 saturated heterocycles. The molecule has 1 aromatic carbocycles. The second kappa shape index (κ2) is 6.12. The molecule has 1 unspecified atom stereocenters. The highest BCUT2D eigenvalue weighted by Gasteiger charge is 2.21. The maximum absolute atomic E-state index is 10.6. The van der Waals surface area contributed by atoms with E-state index in [4.69, 9.17) is 0 Å². The number of hydrogen-bond acceptors (Lipinski definition) is 4. The Bertz CT molecular complexity index is 425. The van der Waals surface area contributed by atoms with E-state index >= 15 is 0 Å². The number of nitro groups is 1. The summed E-state index contributed by atoms with van der Waals surface area (Å²) in [6.07, 6.45) is 3.53. The molecule has 5 nitrogen and oxygen atoms in total. The molecule has 0 aliphatic heterocycles. The van der Waals surface area contributed by atoms with Crippen LogP contribution >= 0.6 is 0 Å². The minimum Gasteiger partial charge on any atom is -0.393 e. The Morgan fingerprint density at radius 3 is 2.37 bits per heavy atom. The Hall–Kier alpha value is -1.46. The second-order valence-corrected chi connectivity index (χ2v) is 5.24. The highest BCUT2D eigenvalue weighted by molar-refractivity contribution is 5.34. The van der Waals surface area contributed by atoms with Crippen molar-refractivity contribution in [3.63, 3.8) is 0 Å². The van der Waals surface area contributed by atoms with E-state index in [2.05, 4.69) is 12.2 Å². The van der Waals surface area contributed by atoms with Gasteiger partial charge in [-0.2, -0.15) is 0 Å². The zero-order chi connectivity index (χ0) is 13.8. The molecule has 1 aliphatic rings. The predicted octanol–water partition coefficient (Wildman–Crippen LogP) is 2.55. The summed E-state index contributed by atoms with van der Waals surface area (Å²) < 4.78 is 0. The molecule has 0 bridgehead atoms. The van der Waals surface area contributed by atoms with Crippen molar-refractivity contribution in [3.8, 4) is 0 Å². The van der Waals surface area contributed by atoms with E-state index in [1.54, 1.807) is 12.1 Å². The molecule has 2 rings (SSSR count). The van der Waals surface area contributed by atoms with E-state index < -0.39 is 0 Å². The zero-order valence-corrected chi connectivity index (χ0v) is 11.1. The Labute approximate surface area is 112 Å². The van der Waals surface area contributed by atoms with Crippen LogP contribution in [0.2, 0.25) is 0 Å². The van der Waals surface area contributed by atoms with Gasteiger partial charge in [-0.25, -0.2) is 0 Å². The molecule has 19 heavy (non-hydrogen) atoms. The first kappa shape index (κ1) is 14.0. The Morgan fingerprint density at radius 1 is 1.26 bits per heavy atom. The van der Waals surface area contributed by atoms with Crippen molar-refractivity contribution in [2.24, 2.45) is 0 Å². The van der Waals surface area contributed by atoms with Crippen molar-refractivity contribution in [1.82, 2.24) is 5.32 Å². The van der Waals surface area contributed by atoms with E-state index in [0.717, 1.165) is 31.2 Å². The number of hydrogen-bond donors (Lipinski definition) is 2. The van der Waals surface area contributed by atoms with Crippen LogP contribution in [0.4, 0.5) is 5.69 Å². The summed E-state index contributed by atoms with van der Waals surface area (Å²) in [6, 6.07) is 7.27. The summed E-state index contributed by atoms with van der Waals surface area (Å²) in [7, 11) is 0. The van der Waals surface area contributed by atoms with Gasteiger partial charge in [-0.05, 0) is 38.2 Å². The van der Waals surface area contributed by atoms with Crippen molar-refractivity contribution in [2.45, 2.75) is 50.8 Å². The Morgan fingerprint density at radius 2 is 1.84 bits per heavy atom. The summed E-state index contributed by atoms with van der Waals surface area (Å²) in [4.78, 5) is 10.2. The van der Waals surface area contributed by atoms with E-state index in [9.17, 15) is 15.2 Å². The molecule has 104 valence electrons. The van der Waals surface area contributed by atoms with E-state index in [1.807, 2.05) is 0 Å². The van der Waals surface area contributed by atoms with Gasteiger partial charge in [0.2, 0.25) is 0 Å². The molecule has 1 aromatic rings. The molecular weight excluding hydrogens is 244 g/mol. The van der Waals surface area contributed by atoms with Gasteiger partial charge in [0.05, 0.1) is 11.0 Å². The molecule has 0 heterocycles. The summed E-state index contributed by atoms with van der Waals surface area (Å²) in [5.74, 6) is 0. The van der Waals surface area contributed by atoms with Crippen LogP contribution < -0.4 is 5.32 Å². The van der Waals surface area contributed by atoms with Gasteiger partial charge in [-0.3, -0.25) is 10.1 Å². The maximum Gasteiger partial charge on any atom is 0.269 e. The van der Waals surface area contributed by atoms with Crippen LogP contribution in [0.25, 0.3) is 0 Å². The predicted molar refractivity (Wildman–Crippen MR) is 72.9 cm³/mol. The lowest BCUT2D eigenvalue weighted by molar-refractivity contribution is -0.384. The number of benzene rings is 1. The van der Waals surface area contributed by atoms with Crippen molar-refractivity contribution >= 4 is 5.69 Å². The molecule has 0 radical (unpaired) electrons. The quantitative estimate of drug-likeness (QED) is 0.647. The summed E-state index contributed by atoms with van der Waals surface area (Å²) in [5.41, 5.74) is 1.17. The number of aliphatic hydroxyl groups excluding tert-OH is 1. The summed E-state index contributed by atoms with van der Waals surface area (Å²) in [5, 5.41) is 23.6. The van der Waals surface area contributed by atoms with Crippen LogP contribution in [-0.2, 0) is 0 Å². The lowest BCUT2D eigenvalue weighted by Crippen LogP contribution is -2.36. The monoisotopic (exact) mass is 264 g/mol. The van der Waals surface area contributed by atoms with Crippen LogP contribution in [-0.4, -0.2) is 22.2 Å². The maximum atomic E-state index is 10.6. The number of nitro benzene ring substituents is 1. The van der Waals surface area contributed by atoms with Crippen LogP contribution in [0.15, 0.2) is 24.3 Å². The van der Waals surface area contributed by atoms with Crippen molar-refractivity contribution < 1.29 is 10.0 Å². The highest BCUT2D eigenvalue weighted by atomic mass is 16.6. The largest absolute Gasteiger partial charge is 0.393 e. The SMILES string of the molecule is CC(NC1CCC(O)CC1)c1ccc([N+](=O)[O-])cc1. The normalized spacial score (nSPS) is 24.9. The summed E-state index contributed by atoms with van der Waals surface area (Å²) in [6.45, 7) is 2.06. The third-order valence-corrected chi connectivity index (χ3v) is 3.79. The summed E-state index contributed by atoms with van der Waals surface area (Å²) >= 11 is 0. The van der Waals surface area contributed by atoms with Gasteiger partial charge < -0.3 is 10.4 Å². The van der Waals surface area contributed by atoms with Crippen molar-refractivity contribution in [2.75, 3.05) is 0 Å². The third kappa shape index (κ3) is 3.75. The second-order valence-electron chi connectivity index (χ2n) is 5.24. The number of nitrogens with zero attached hydrogens (tertiary/aromatic N) is 1. The highest BCUT2D eigenvalue weighted by Crippen LogP contribution is 2.23. The minimum absolute atomic E-state index is 0.122. The molecule has 0 spiro atoms. The van der Waals surface area contributed by atoms with Crippen molar-refractivity contribution in [3.05, 3.63) is 39.9 Å². The van der Waals surface area contributed by atoms with Gasteiger partial charge in [0.25, 0.3) is 5.69 Å². The molecule has 1 atom stereocenters. The van der Waals surface area contributed by atoms with Gasteiger partial charge in [0.15, 0.2) is 0 Å². The number of rotatable bonds is 4. The first-order valence-corrected chi connectivity index (χ1v) is 6.74. The third-order valence-electron chi connectivity index (χ3n) is 3.79. The lowest BCUT2D eigenvalue weighted by Gasteiger charge is -2.29. The van der Waals surface area contributed by atoms with Crippen molar-refractivity contribution in [1.29, 1.82) is 0 Å². The molecule has 1 aliphatic carbocycles. The van der Waals surface area contributed by atoms with Crippen LogP contribution in [0.5, 0.6) is 0 Å². The van der Waals surface area contributed by atoms with Gasteiger partial charge in [-0.15, -0.1) is 0 Å². The van der Waals surface area contributed by atoms with E-state index in [0.29, 0.717) is 6.04 Å². The molecule has 0 aromatic heterocycles. The fraction of sp³-hybridized carbons (Fsp3) is 0.571. The Kier molecular flexibility index (Phi) is 4.50. The fourth-order valence-corrected chi connectivity index (χ4v) is 2.58. The first-order chi connectivity index (χ1) is 9.06. The zero-order valence-electron chi connectivity index (χ0n) is 11.1. The van der Waals surface area contributed by atoms with Gasteiger partial charge in [-0.1, -0.05) is 12.1 Å². The van der Waals surface area contributed by atoms with Gasteiger partial charge >= 0.3 is 0 Å². The molecule has 5 heteroatoms. The molecule has 2 N–H and O–H groups in total. The van der Waals surface area contributed by atoms with Gasteiger partial charge in [0.1, 0.15) is 0 Å². The average Bonchev–Trinajstić information content (AvgIpc) is 2.41. The van der Waals surface area contributed by atoms with Crippen LogP contribution in [0, 0.1) is 10.1 Å². The minimum atomic E-state index is -0.385. The number of non-ortho nitro benzene ring substituents is 1. The number of aliphatic hydroxyl groups is 1. The van der Waals surface area contributed by atoms with Crippen LogP contribution in [0.1, 0.15) is 44.2 Å². The molecule has 1 fully saturated rings. The smallest absolute Gasteiger partial charge is 0.269 e. The fourth-order valence-electron chi connectivity index (χ4n) is 2.58. The molecule has 0 amide bonds. The van der Waals surface area contributed by atoms with E-state index in [1.165, 1.54) is 12.1 Å². The standard InChI is InChI=1S/C14H20N2O3/c1-10(15-12-4-8-14(17)9-5-12)11-2-6-13(7-3-11)16(18)19/h2-3,6-7,10,12,14-15,17H,4-5,8-9H2,1H3. The van der Waals surface area contributed by atoms with Crippen LogP contribution in [0.3, 0.4) is 0 Å². The number of nitrogens with one attached hydrogen (secondary N) is 1. The van der Waals surface area contributed by atoms with Gasteiger partial charge in [0, 0.05) is 24.2 Å². The average molecular weight is 264 g/mol. The van der Waals surface area contributed by atoms with E-state index in [-0.39, 0.29) is 22.8 Å². The lowest BCUT2D eigenvalue weighted by atomic mass is 9.92. The first-order valence-electron chi connectivity index (χ1n) is 6.74. The topological polar surface area (TPSA) is 75.4 Å². The Balaban J connectivity index is 1.92. The molecule has 1 saturated carbocycles. The molecular formula is C14H20N2O3.